The first-order valence-corrected chi connectivity index (χ1v) is 9.74. The Morgan fingerprint density at radius 2 is 1.97 bits per heavy atom. The fourth-order valence-electron chi connectivity index (χ4n) is 3.11. The Labute approximate surface area is 169 Å². The average Bonchev–Trinajstić information content (AvgIpc) is 3.02. The monoisotopic (exact) mass is 417 g/mol. The summed E-state index contributed by atoms with van der Waals surface area (Å²) in [7, 11) is 0. The predicted octanol–water partition coefficient (Wildman–Crippen LogP) is 5.09. The lowest BCUT2D eigenvalue weighted by Gasteiger charge is -2.17. The molecule has 0 saturated carbocycles. The van der Waals surface area contributed by atoms with E-state index in [1.54, 1.807) is 25.1 Å². The maximum absolute atomic E-state index is 13.6. The Morgan fingerprint density at radius 3 is 2.52 bits per heavy atom. The number of rotatable bonds is 4. The normalized spacial score (nSPS) is 11.5. The zero-order chi connectivity index (χ0) is 21.3. The summed E-state index contributed by atoms with van der Waals surface area (Å²) in [5.74, 6) is 0. The van der Waals surface area contributed by atoms with E-state index in [1.807, 2.05) is 19.9 Å². The summed E-state index contributed by atoms with van der Waals surface area (Å²) < 4.78 is 41.9. The molecule has 0 atom stereocenters. The fourth-order valence-corrected chi connectivity index (χ4v) is 4.11. The third-order valence-corrected chi connectivity index (χ3v) is 5.86. The van der Waals surface area contributed by atoms with E-state index < -0.39 is 22.9 Å². The van der Waals surface area contributed by atoms with Crippen molar-refractivity contribution in [2.24, 2.45) is 0 Å². The highest BCUT2D eigenvalue weighted by Crippen LogP contribution is 2.34. The van der Waals surface area contributed by atoms with Crippen molar-refractivity contribution in [3.05, 3.63) is 73.0 Å². The zero-order valence-electron chi connectivity index (χ0n) is 16.1. The molecule has 1 aromatic carbocycles. The molecule has 0 bridgehead atoms. The highest BCUT2D eigenvalue weighted by Gasteiger charge is 2.36. The van der Waals surface area contributed by atoms with E-state index in [9.17, 15) is 23.2 Å². The van der Waals surface area contributed by atoms with Gasteiger partial charge >= 0.3 is 6.18 Å². The molecule has 0 saturated heterocycles. The molecule has 4 nitrogen and oxygen atoms in total. The summed E-state index contributed by atoms with van der Waals surface area (Å²) in [5, 5.41) is 10.2. The molecular weight excluding hydrogens is 399 g/mol. The summed E-state index contributed by atoms with van der Waals surface area (Å²) in [6.45, 7) is 5.63. The standard InChI is InChI=1S/C21H18F3N3OS/c1-4-19-26-13(3)18(29-19)11-27-17(14-7-5-6-12(2)8-14)9-16(21(22,23)24)15(10-25)20(27)28/h5-9H,4,11H2,1-3H3. The molecule has 8 heteroatoms. The molecule has 0 aliphatic carbocycles. The van der Waals surface area contributed by atoms with Crippen molar-refractivity contribution >= 4 is 11.3 Å². The number of thiazole rings is 1. The first-order chi connectivity index (χ1) is 13.7. The van der Waals surface area contributed by atoms with E-state index in [0.29, 0.717) is 5.56 Å². The van der Waals surface area contributed by atoms with Crippen LogP contribution in [0, 0.1) is 25.2 Å². The van der Waals surface area contributed by atoms with Crippen LogP contribution in [0.25, 0.3) is 11.3 Å². The van der Waals surface area contributed by atoms with Crippen molar-refractivity contribution in [2.75, 3.05) is 0 Å². The molecule has 3 aromatic rings. The molecular formula is C21H18F3N3OS. The van der Waals surface area contributed by atoms with Crippen molar-refractivity contribution in [3.63, 3.8) is 0 Å². The van der Waals surface area contributed by atoms with Crippen LogP contribution in [-0.4, -0.2) is 9.55 Å². The van der Waals surface area contributed by atoms with Gasteiger partial charge < -0.3 is 4.57 Å². The van der Waals surface area contributed by atoms with Crippen LogP contribution >= 0.6 is 11.3 Å². The topological polar surface area (TPSA) is 58.7 Å². The van der Waals surface area contributed by atoms with E-state index in [-0.39, 0.29) is 12.2 Å². The van der Waals surface area contributed by atoms with Gasteiger partial charge in [0.1, 0.15) is 11.6 Å². The maximum Gasteiger partial charge on any atom is 0.417 e. The van der Waals surface area contributed by atoms with Crippen LogP contribution in [0.1, 0.15) is 39.2 Å². The second kappa shape index (κ2) is 7.84. The third-order valence-electron chi connectivity index (χ3n) is 4.57. The van der Waals surface area contributed by atoms with E-state index in [4.69, 9.17) is 0 Å². The van der Waals surface area contributed by atoms with Crippen molar-refractivity contribution < 1.29 is 13.2 Å². The van der Waals surface area contributed by atoms with Crippen molar-refractivity contribution in [2.45, 2.75) is 39.9 Å². The zero-order valence-corrected chi connectivity index (χ0v) is 16.9. The lowest BCUT2D eigenvalue weighted by molar-refractivity contribution is -0.137. The van der Waals surface area contributed by atoms with Gasteiger partial charge in [-0.3, -0.25) is 4.79 Å². The van der Waals surface area contributed by atoms with Gasteiger partial charge in [-0.2, -0.15) is 18.4 Å². The summed E-state index contributed by atoms with van der Waals surface area (Å²) in [6.07, 6.45) is -4.08. The van der Waals surface area contributed by atoms with Crippen LogP contribution in [0.2, 0.25) is 0 Å². The fraction of sp³-hybridized carbons (Fsp3) is 0.286. The summed E-state index contributed by atoms with van der Waals surface area (Å²) in [4.78, 5) is 18.2. The summed E-state index contributed by atoms with van der Waals surface area (Å²) >= 11 is 1.42. The molecule has 150 valence electrons. The van der Waals surface area contributed by atoms with Gasteiger partial charge in [-0.25, -0.2) is 4.98 Å². The SMILES string of the molecule is CCc1nc(C)c(Cn2c(-c3cccc(C)c3)cc(C(F)(F)F)c(C#N)c2=O)s1. The Kier molecular flexibility index (Phi) is 5.62. The second-order valence-electron chi connectivity index (χ2n) is 6.66. The lowest BCUT2D eigenvalue weighted by atomic mass is 10.0. The Balaban J connectivity index is 2.32. The van der Waals surface area contributed by atoms with E-state index in [2.05, 4.69) is 4.98 Å². The van der Waals surface area contributed by atoms with Gasteiger partial charge in [0.2, 0.25) is 0 Å². The highest BCUT2D eigenvalue weighted by molar-refractivity contribution is 7.11. The van der Waals surface area contributed by atoms with E-state index in [1.165, 1.54) is 22.0 Å². The number of hydrogen-bond acceptors (Lipinski definition) is 4. The largest absolute Gasteiger partial charge is 0.417 e. The van der Waals surface area contributed by atoms with E-state index in [0.717, 1.165) is 33.6 Å². The van der Waals surface area contributed by atoms with Crippen LogP contribution in [-0.2, 0) is 19.1 Å². The van der Waals surface area contributed by atoms with Gasteiger partial charge in [0.15, 0.2) is 0 Å². The number of benzene rings is 1. The molecule has 3 rings (SSSR count). The Morgan fingerprint density at radius 1 is 1.24 bits per heavy atom. The third kappa shape index (κ3) is 4.10. The highest BCUT2D eigenvalue weighted by atomic mass is 32.1. The number of pyridine rings is 1. The van der Waals surface area contributed by atoms with Crippen LogP contribution in [0.4, 0.5) is 13.2 Å². The molecule has 29 heavy (non-hydrogen) atoms. The Bertz CT molecular complexity index is 1170. The minimum absolute atomic E-state index is 0.0540. The quantitative estimate of drug-likeness (QED) is 0.594. The first kappa shape index (κ1) is 20.8. The van der Waals surface area contributed by atoms with Crippen molar-refractivity contribution in [1.29, 1.82) is 5.26 Å². The molecule has 0 fully saturated rings. The molecule has 2 aromatic heterocycles. The molecule has 2 heterocycles. The first-order valence-electron chi connectivity index (χ1n) is 8.93. The summed E-state index contributed by atoms with van der Waals surface area (Å²) in [5.41, 5.74) is -0.885. The average molecular weight is 417 g/mol. The number of aryl methyl sites for hydroxylation is 3. The lowest BCUT2D eigenvalue weighted by Crippen LogP contribution is -2.28. The van der Waals surface area contributed by atoms with Gasteiger partial charge in [-0.1, -0.05) is 30.7 Å². The van der Waals surface area contributed by atoms with Gasteiger partial charge in [0.25, 0.3) is 5.56 Å². The number of halogens is 3. The molecule has 0 aliphatic heterocycles. The maximum atomic E-state index is 13.6. The molecule has 0 unspecified atom stereocenters. The van der Waals surface area contributed by atoms with Crippen LogP contribution < -0.4 is 5.56 Å². The van der Waals surface area contributed by atoms with Crippen molar-refractivity contribution in [1.82, 2.24) is 9.55 Å². The molecule has 0 spiro atoms. The van der Waals surface area contributed by atoms with Gasteiger partial charge in [-0.15, -0.1) is 11.3 Å². The second-order valence-corrected chi connectivity index (χ2v) is 7.83. The van der Waals surface area contributed by atoms with E-state index >= 15 is 0 Å². The van der Waals surface area contributed by atoms with Crippen LogP contribution in [0.15, 0.2) is 35.1 Å². The predicted molar refractivity (Wildman–Crippen MR) is 106 cm³/mol. The van der Waals surface area contributed by atoms with Gasteiger partial charge in [-0.05, 0) is 38.0 Å². The number of alkyl halides is 3. The van der Waals surface area contributed by atoms with Gasteiger partial charge in [0.05, 0.1) is 28.5 Å². The molecule has 0 N–H and O–H groups in total. The smallest absolute Gasteiger partial charge is 0.302 e. The minimum atomic E-state index is -4.81. The number of aromatic nitrogens is 2. The van der Waals surface area contributed by atoms with Gasteiger partial charge in [0, 0.05) is 4.88 Å². The molecule has 0 amide bonds. The van der Waals surface area contributed by atoms with Crippen LogP contribution in [0.5, 0.6) is 0 Å². The van der Waals surface area contributed by atoms with Crippen molar-refractivity contribution in [3.8, 4) is 17.3 Å². The Hall–Kier alpha value is -2.92. The number of nitrogens with zero attached hydrogens (tertiary/aromatic N) is 3. The molecule has 0 aliphatic rings. The molecule has 0 radical (unpaired) electrons. The number of hydrogen-bond donors (Lipinski definition) is 0. The number of nitriles is 1. The minimum Gasteiger partial charge on any atom is -0.302 e. The summed E-state index contributed by atoms with van der Waals surface area (Å²) in [6, 6.07) is 9.26. The van der Waals surface area contributed by atoms with Crippen LogP contribution in [0.3, 0.4) is 0 Å².